The SMILES string of the molecule is CC(C)C(NC(=O)C(N)CO)C(=O)NC(C(=O)NC(CO)C(=O)O)C(C)C. The summed E-state index contributed by atoms with van der Waals surface area (Å²) in [6, 6.07) is -4.80. The second kappa shape index (κ2) is 11.5. The molecule has 0 rings (SSSR count). The molecule has 0 aromatic heterocycles. The first-order valence-corrected chi connectivity index (χ1v) is 8.57. The van der Waals surface area contributed by atoms with E-state index in [9.17, 15) is 19.2 Å². The second-order valence-electron chi connectivity index (χ2n) is 6.83. The molecule has 4 unspecified atom stereocenters. The monoisotopic (exact) mass is 390 g/mol. The number of nitrogens with one attached hydrogen (secondary N) is 3. The van der Waals surface area contributed by atoms with E-state index in [2.05, 4.69) is 16.0 Å². The molecule has 0 bridgehead atoms. The predicted molar refractivity (Wildman–Crippen MR) is 95.3 cm³/mol. The zero-order valence-corrected chi connectivity index (χ0v) is 15.9. The van der Waals surface area contributed by atoms with Gasteiger partial charge in [-0.25, -0.2) is 4.79 Å². The average molecular weight is 390 g/mol. The van der Waals surface area contributed by atoms with E-state index in [1.165, 1.54) is 0 Å². The van der Waals surface area contributed by atoms with Crippen molar-refractivity contribution in [2.45, 2.75) is 51.9 Å². The molecule has 27 heavy (non-hydrogen) atoms. The maximum Gasteiger partial charge on any atom is 0.328 e. The van der Waals surface area contributed by atoms with E-state index < -0.39 is 67.0 Å². The van der Waals surface area contributed by atoms with Gasteiger partial charge in [0.25, 0.3) is 0 Å². The van der Waals surface area contributed by atoms with Gasteiger partial charge in [0.1, 0.15) is 24.2 Å². The molecule has 0 fully saturated rings. The van der Waals surface area contributed by atoms with Crippen LogP contribution in [0.3, 0.4) is 0 Å². The Labute approximate surface area is 157 Å². The molecule has 11 nitrogen and oxygen atoms in total. The van der Waals surface area contributed by atoms with Crippen LogP contribution in [0.25, 0.3) is 0 Å². The van der Waals surface area contributed by atoms with Gasteiger partial charge in [0.15, 0.2) is 0 Å². The van der Waals surface area contributed by atoms with Crippen molar-refractivity contribution in [1.82, 2.24) is 16.0 Å². The molecule has 4 atom stereocenters. The van der Waals surface area contributed by atoms with Crippen LogP contribution in [-0.4, -0.2) is 76.4 Å². The standard InChI is InChI=1S/C16H30N4O7/c1-7(2)11(14(24)18-10(6-22)16(26)27)20-15(25)12(8(3)4)19-13(23)9(17)5-21/h7-12,21-22H,5-6,17H2,1-4H3,(H,18,24)(H,19,23)(H,20,25)(H,26,27). The van der Waals surface area contributed by atoms with E-state index in [-0.39, 0.29) is 5.92 Å². The molecule has 156 valence electrons. The predicted octanol–water partition coefficient (Wildman–Crippen LogP) is -2.85. The number of aliphatic hydroxyl groups excluding tert-OH is 2. The third-order valence-electron chi connectivity index (χ3n) is 3.82. The topological polar surface area (TPSA) is 191 Å². The molecule has 0 aromatic carbocycles. The summed E-state index contributed by atoms with van der Waals surface area (Å²) in [7, 11) is 0. The molecule has 0 spiro atoms. The van der Waals surface area contributed by atoms with Crippen LogP contribution in [0.5, 0.6) is 0 Å². The van der Waals surface area contributed by atoms with Crippen LogP contribution in [0, 0.1) is 11.8 Å². The van der Waals surface area contributed by atoms with Gasteiger partial charge in [-0.1, -0.05) is 27.7 Å². The van der Waals surface area contributed by atoms with Crippen LogP contribution in [0.4, 0.5) is 0 Å². The van der Waals surface area contributed by atoms with E-state index in [0.717, 1.165) is 0 Å². The lowest BCUT2D eigenvalue weighted by atomic mass is 9.99. The van der Waals surface area contributed by atoms with Gasteiger partial charge in [-0.15, -0.1) is 0 Å². The lowest BCUT2D eigenvalue weighted by molar-refractivity contribution is -0.143. The molecule has 3 amide bonds. The van der Waals surface area contributed by atoms with Gasteiger partial charge >= 0.3 is 5.97 Å². The molecule has 8 N–H and O–H groups in total. The lowest BCUT2D eigenvalue weighted by Gasteiger charge is -2.28. The highest BCUT2D eigenvalue weighted by Gasteiger charge is 2.32. The fourth-order valence-corrected chi connectivity index (χ4v) is 2.10. The van der Waals surface area contributed by atoms with Gasteiger partial charge in [0.2, 0.25) is 17.7 Å². The number of nitrogens with two attached hydrogens (primary N) is 1. The second-order valence-corrected chi connectivity index (χ2v) is 6.83. The molecule has 0 saturated heterocycles. The van der Waals surface area contributed by atoms with E-state index in [1.54, 1.807) is 27.7 Å². The number of amides is 3. The van der Waals surface area contributed by atoms with E-state index in [4.69, 9.17) is 21.1 Å². The van der Waals surface area contributed by atoms with Crippen LogP contribution < -0.4 is 21.7 Å². The van der Waals surface area contributed by atoms with Gasteiger partial charge in [0.05, 0.1) is 13.2 Å². The molecular weight excluding hydrogens is 360 g/mol. The Morgan fingerprint density at radius 1 is 0.778 bits per heavy atom. The number of carbonyl (C=O) groups excluding carboxylic acids is 3. The third-order valence-corrected chi connectivity index (χ3v) is 3.82. The van der Waals surface area contributed by atoms with Gasteiger partial charge in [-0.3, -0.25) is 14.4 Å². The van der Waals surface area contributed by atoms with Crippen LogP contribution in [0.1, 0.15) is 27.7 Å². The largest absolute Gasteiger partial charge is 0.480 e. The Bertz CT molecular complexity index is 539. The van der Waals surface area contributed by atoms with Gasteiger partial charge in [-0.05, 0) is 11.8 Å². The summed E-state index contributed by atoms with van der Waals surface area (Å²) in [5, 5.41) is 33.9. The van der Waals surface area contributed by atoms with E-state index in [1.807, 2.05) is 0 Å². The van der Waals surface area contributed by atoms with Crippen molar-refractivity contribution in [2.24, 2.45) is 17.6 Å². The number of hydrogen-bond donors (Lipinski definition) is 7. The summed E-state index contributed by atoms with van der Waals surface area (Å²) in [6.45, 7) is 5.24. The van der Waals surface area contributed by atoms with Crippen molar-refractivity contribution in [1.29, 1.82) is 0 Å². The molecule has 0 heterocycles. The first-order valence-electron chi connectivity index (χ1n) is 8.57. The lowest BCUT2D eigenvalue weighted by Crippen LogP contribution is -2.60. The summed E-state index contributed by atoms with van der Waals surface area (Å²) < 4.78 is 0. The van der Waals surface area contributed by atoms with Gasteiger partial charge in [-0.2, -0.15) is 0 Å². The number of carboxylic acid groups (broad SMARTS) is 1. The van der Waals surface area contributed by atoms with Gasteiger partial charge < -0.3 is 37.0 Å². The number of hydrogen-bond acceptors (Lipinski definition) is 7. The van der Waals surface area contributed by atoms with Crippen LogP contribution >= 0.6 is 0 Å². The summed E-state index contributed by atoms with van der Waals surface area (Å²) in [6.07, 6.45) is 0. The maximum atomic E-state index is 12.6. The number of aliphatic carboxylic acids is 1. The van der Waals surface area contributed by atoms with Crippen molar-refractivity contribution < 1.29 is 34.5 Å². The molecule has 0 saturated carbocycles. The van der Waals surface area contributed by atoms with Gasteiger partial charge in [0, 0.05) is 0 Å². The number of rotatable bonds is 11. The highest BCUT2D eigenvalue weighted by atomic mass is 16.4. The molecule has 11 heteroatoms. The summed E-state index contributed by atoms with van der Waals surface area (Å²) in [4.78, 5) is 47.7. The van der Waals surface area contributed by atoms with Crippen molar-refractivity contribution in [3.63, 3.8) is 0 Å². The van der Waals surface area contributed by atoms with Crippen molar-refractivity contribution in [3.05, 3.63) is 0 Å². The Hall–Kier alpha value is -2.24. The first kappa shape index (κ1) is 24.8. The quantitative estimate of drug-likeness (QED) is 0.196. The minimum atomic E-state index is -1.50. The normalized spacial score (nSPS) is 15.6. The van der Waals surface area contributed by atoms with Crippen LogP contribution in [0.15, 0.2) is 0 Å². The maximum absolute atomic E-state index is 12.6. The molecule has 0 radical (unpaired) electrons. The molecule has 0 aliphatic heterocycles. The first-order chi connectivity index (χ1) is 12.5. The molecule has 0 aliphatic rings. The molecular formula is C16H30N4O7. The Kier molecular flexibility index (Phi) is 10.5. The van der Waals surface area contributed by atoms with Crippen molar-refractivity contribution >= 4 is 23.7 Å². The fourth-order valence-electron chi connectivity index (χ4n) is 2.10. The Balaban J connectivity index is 5.24. The fraction of sp³-hybridized carbons (Fsp3) is 0.750. The smallest absolute Gasteiger partial charge is 0.328 e. The third kappa shape index (κ3) is 7.89. The van der Waals surface area contributed by atoms with E-state index in [0.29, 0.717) is 0 Å². The Morgan fingerprint density at radius 2 is 1.19 bits per heavy atom. The highest BCUT2D eigenvalue weighted by Crippen LogP contribution is 2.07. The number of aliphatic hydroxyl groups is 2. The van der Waals surface area contributed by atoms with Crippen LogP contribution in [-0.2, 0) is 19.2 Å². The minimum absolute atomic E-state index is 0.347. The zero-order valence-electron chi connectivity index (χ0n) is 15.9. The Morgan fingerprint density at radius 3 is 1.52 bits per heavy atom. The minimum Gasteiger partial charge on any atom is -0.480 e. The molecule has 0 aromatic rings. The zero-order chi connectivity index (χ0) is 21.3. The summed E-state index contributed by atoms with van der Waals surface area (Å²) >= 11 is 0. The molecule has 0 aliphatic carbocycles. The average Bonchev–Trinajstić information content (AvgIpc) is 2.59. The number of carboxylic acids is 1. The van der Waals surface area contributed by atoms with Crippen LogP contribution in [0.2, 0.25) is 0 Å². The van der Waals surface area contributed by atoms with E-state index >= 15 is 0 Å². The van der Waals surface area contributed by atoms with Crippen molar-refractivity contribution in [2.75, 3.05) is 13.2 Å². The summed E-state index contributed by atoms with van der Waals surface area (Å²) in [5.41, 5.74) is 5.42. The number of carbonyl (C=O) groups is 4. The van der Waals surface area contributed by atoms with Crippen molar-refractivity contribution in [3.8, 4) is 0 Å². The highest BCUT2D eigenvalue weighted by molar-refractivity contribution is 5.94. The summed E-state index contributed by atoms with van der Waals surface area (Å²) in [5.74, 6) is -4.31.